The van der Waals surface area contributed by atoms with Crippen molar-refractivity contribution in [2.24, 2.45) is 5.92 Å². The van der Waals surface area contributed by atoms with Gasteiger partial charge in [0, 0.05) is 63.2 Å². The van der Waals surface area contributed by atoms with Crippen LogP contribution >= 0.6 is 0 Å². The maximum absolute atomic E-state index is 13.1. The summed E-state index contributed by atoms with van der Waals surface area (Å²) >= 11 is 0. The standard InChI is InChI=1S/C22H26N4O4/c1-24(9-7-17-4-2-3-8-23-17)21(29)18-5-6-19-16-10-15(12-26(19)22(18)30)11-25(13-16)14-20(27)28/h2-6,8,15-16H,7,9-14H2,1H3,(H,27,28)/t15-,16+/m0/s1. The Morgan fingerprint density at radius 2 is 2.03 bits per heavy atom. The van der Waals surface area contributed by atoms with Crippen molar-refractivity contribution in [3.63, 3.8) is 0 Å². The summed E-state index contributed by atoms with van der Waals surface area (Å²) in [7, 11) is 1.70. The summed E-state index contributed by atoms with van der Waals surface area (Å²) < 4.78 is 1.73. The van der Waals surface area contributed by atoms with Crippen LogP contribution in [0.2, 0.25) is 0 Å². The van der Waals surface area contributed by atoms with E-state index in [4.69, 9.17) is 5.11 Å². The smallest absolute Gasteiger partial charge is 0.317 e. The molecule has 4 heterocycles. The highest BCUT2D eigenvalue weighted by Gasteiger charge is 2.36. The first-order valence-electron chi connectivity index (χ1n) is 10.3. The third-order valence-electron chi connectivity index (χ3n) is 6.05. The molecule has 8 heteroatoms. The number of amides is 1. The highest BCUT2D eigenvalue weighted by molar-refractivity contribution is 5.93. The normalized spacial score (nSPS) is 20.4. The van der Waals surface area contributed by atoms with Crippen molar-refractivity contribution in [3.8, 4) is 0 Å². The maximum atomic E-state index is 13.1. The highest BCUT2D eigenvalue weighted by Crippen LogP contribution is 2.35. The van der Waals surface area contributed by atoms with Gasteiger partial charge in [-0.1, -0.05) is 6.07 Å². The molecule has 2 atom stereocenters. The van der Waals surface area contributed by atoms with Gasteiger partial charge in [-0.05, 0) is 36.6 Å². The first kappa shape index (κ1) is 20.3. The van der Waals surface area contributed by atoms with Crippen molar-refractivity contribution in [2.75, 3.05) is 33.2 Å². The minimum atomic E-state index is -0.831. The third-order valence-corrected chi connectivity index (χ3v) is 6.05. The number of aromatic nitrogens is 2. The fourth-order valence-electron chi connectivity index (χ4n) is 4.66. The lowest BCUT2D eigenvalue weighted by Crippen LogP contribution is -2.49. The lowest BCUT2D eigenvalue weighted by atomic mass is 9.83. The number of carboxylic acid groups (broad SMARTS) is 1. The zero-order valence-corrected chi connectivity index (χ0v) is 17.0. The number of carboxylic acids is 1. The average molecular weight is 410 g/mol. The molecule has 0 spiro atoms. The van der Waals surface area contributed by atoms with Gasteiger partial charge in [0.15, 0.2) is 0 Å². The van der Waals surface area contributed by atoms with Gasteiger partial charge in [-0.15, -0.1) is 0 Å². The molecule has 0 aromatic carbocycles. The van der Waals surface area contributed by atoms with Gasteiger partial charge >= 0.3 is 5.97 Å². The van der Waals surface area contributed by atoms with Crippen molar-refractivity contribution in [1.29, 1.82) is 0 Å². The lowest BCUT2D eigenvalue weighted by Gasteiger charge is -2.42. The Labute approximate surface area is 174 Å². The van der Waals surface area contributed by atoms with Crippen LogP contribution in [0.4, 0.5) is 0 Å². The first-order valence-corrected chi connectivity index (χ1v) is 10.3. The minimum absolute atomic E-state index is 0.0227. The summed E-state index contributed by atoms with van der Waals surface area (Å²) in [5.74, 6) is -0.771. The number of aliphatic carboxylic acids is 1. The van der Waals surface area contributed by atoms with E-state index in [2.05, 4.69) is 4.98 Å². The van der Waals surface area contributed by atoms with Gasteiger partial charge in [0.1, 0.15) is 5.56 Å². The van der Waals surface area contributed by atoms with Crippen LogP contribution in [0.3, 0.4) is 0 Å². The lowest BCUT2D eigenvalue weighted by molar-refractivity contribution is -0.139. The Hall–Kier alpha value is -3.00. The van der Waals surface area contributed by atoms with Crippen LogP contribution in [-0.4, -0.2) is 69.6 Å². The van der Waals surface area contributed by atoms with Crippen LogP contribution < -0.4 is 5.56 Å². The molecule has 2 aromatic rings. The number of hydrogen-bond donors (Lipinski definition) is 1. The van der Waals surface area contributed by atoms with Gasteiger partial charge in [-0.3, -0.25) is 24.3 Å². The molecule has 0 saturated carbocycles. The molecule has 8 nitrogen and oxygen atoms in total. The number of pyridine rings is 2. The molecule has 0 unspecified atom stereocenters. The van der Waals surface area contributed by atoms with E-state index >= 15 is 0 Å². The van der Waals surface area contributed by atoms with Crippen LogP contribution in [0.25, 0.3) is 0 Å². The molecule has 0 radical (unpaired) electrons. The maximum Gasteiger partial charge on any atom is 0.317 e. The van der Waals surface area contributed by atoms with E-state index in [1.807, 2.05) is 29.2 Å². The highest BCUT2D eigenvalue weighted by atomic mass is 16.4. The van der Waals surface area contributed by atoms with E-state index in [1.54, 1.807) is 28.8 Å². The predicted molar refractivity (Wildman–Crippen MR) is 111 cm³/mol. The van der Waals surface area contributed by atoms with Crippen molar-refractivity contribution >= 4 is 11.9 Å². The van der Waals surface area contributed by atoms with Gasteiger partial charge in [0.2, 0.25) is 0 Å². The Balaban J connectivity index is 1.50. The molecule has 158 valence electrons. The quantitative estimate of drug-likeness (QED) is 0.765. The Kier molecular flexibility index (Phi) is 5.67. The molecule has 2 aromatic heterocycles. The average Bonchev–Trinajstić information content (AvgIpc) is 2.72. The molecule has 2 bridgehead atoms. The van der Waals surface area contributed by atoms with Gasteiger partial charge in [0.05, 0.1) is 6.54 Å². The number of likely N-dealkylation sites (N-methyl/N-ethyl adjacent to an activating group) is 1. The number of carbonyl (C=O) groups excluding carboxylic acids is 1. The minimum Gasteiger partial charge on any atom is -0.480 e. The van der Waals surface area contributed by atoms with Crippen LogP contribution in [0, 0.1) is 5.92 Å². The Morgan fingerprint density at radius 3 is 2.77 bits per heavy atom. The van der Waals surface area contributed by atoms with Crippen molar-refractivity contribution in [1.82, 2.24) is 19.4 Å². The molecular weight excluding hydrogens is 384 g/mol. The van der Waals surface area contributed by atoms with E-state index in [9.17, 15) is 14.4 Å². The van der Waals surface area contributed by atoms with E-state index in [0.717, 1.165) is 17.8 Å². The Bertz CT molecular complexity index is 1000. The molecule has 1 N–H and O–H groups in total. The molecule has 4 rings (SSSR count). The van der Waals surface area contributed by atoms with Crippen molar-refractivity contribution in [3.05, 3.63) is 63.8 Å². The second kappa shape index (κ2) is 8.39. The molecule has 30 heavy (non-hydrogen) atoms. The largest absolute Gasteiger partial charge is 0.480 e. The summed E-state index contributed by atoms with van der Waals surface area (Å²) in [6, 6.07) is 9.17. The van der Waals surface area contributed by atoms with Crippen molar-refractivity contribution < 1.29 is 14.7 Å². The number of likely N-dealkylation sites (tertiary alicyclic amines) is 1. The summed E-state index contributed by atoms with van der Waals surface area (Å²) in [6.07, 6.45) is 3.30. The Morgan fingerprint density at radius 1 is 1.20 bits per heavy atom. The van der Waals surface area contributed by atoms with Gasteiger partial charge in [-0.25, -0.2) is 0 Å². The summed E-state index contributed by atoms with van der Waals surface area (Å²) in [6.45, 7) is 2.32. The number of fused-ring (bicyclic) bond motifs is 4. The molecular formula is C22H26N4O4. The van der Waals surface area contributed by atoms with E-state index < -0.39 is 5.97 Å². The van der Waals surface area contributed by atoms with Gasteiger partial charge in [-0.2, -0.15) is 0 Å². The zero-order valence-electron chi connectivity index (χ0n) is 17.0. The zero-order chi connectivity index (χ0) is 21.3. The molecule has 0 aliphatic carbocycles. The second-order valence-electron chi connectivity index (χ2n) is 8.27. The summed E-state index contributed by atoms with van der Waals surface area (Å²) in [5.41, 5.74) is 1.74. The predicted octanol–water partition coefficient (Wildman–Crippen LogP) is 1.06. The van der Waals surface area contributed by atoms with E-state index in [-0.39, 0.29) is 35.4 Å². The van der Waals surface area contributed by atoms with E-state index in [0.29, 0.717) is 32.6 Å². The molecule has 1 amide bonds. The monoisotopic (exact) mass is 410 g/mol. The van der Waals surface area contributed by atoms with Crippen LogP contribution in [0.5, 0.6) is 0 Å². The SMILES string of the molecule is CN(CCc1ccccn1)C(=O)c1ccc2n(c1=O)C[C@H]1C[C@@H]2CN(CC(=O)O)C1. The molecule has 1 fully saturated rings. The number of piperidine rings is 1. The number of carbonyl (C=O) groups is 2. The summed E-state index contributed by atoms with van der Waals surface area (Å²) in [4.78, 5) is 44.9. The van der Waals surface area contributed by atoms with E-state index in [1.165, 1.54) is 0 Å². The number of hydrogen-bond acceptors (Lipinski definition) is 5. The number of nitrogens with zero attached hydrogens (tertiary/aromatic N) is 4. The topological polar surface area (TPSA) is 95.7 Å². The second-order valence-corrected chi connectivity index (χ2v) is 8.27. The fraction of sp³-hybridized carbons (Fsp3) is 0.455. The van der Waals surface area contributed by atoms with Crippen LogP contribution in [0.15, 0.2) is 41.3 Å². The summed E-state index contributed by atoms with van der Waals surface area (Å²) in [5, 5.41) is 9.09. The van der Waals surface area contributed by atoms with Crippen LogP contribution in [0.1, 0.15) is 34.1 Å². The first-order chi connectivity index (χ1) is 14.4. The van der Waals surface area contributed by atoms with Crippen LogP contribution in [-0.2, 0) is 17.8 Å². The third kappa shape index (κ3) is 4.14. The number of rotatable bonds is 6. The van der Waals surface area contributed by atoms with Crippen molar-refractivity contribution in [2.45, 2.75) is 25.3 Å². The molecule has 2 aliphatic rings. The fourth-order valence-corrected chi connectivity index (χ4v) is 4.66. The molecule has 2 aliphatic heterocycles. The molecule has 1 saturated heterocycles. The van der Waals surface area contributed by atoms with Gasteiger partial charge < -0.3 is 14.6 Å². The van der Waals surface area contributed by atoms with Gasteiger partial charge in [0.25, 0.3) is 11.5 Å².